The van der Waals surface area contributed by atoms with Gasteiger partial charge in [0.2, 0.25) is 11.8 Å². The van der Waals surface area contributed by atoms with Crippen LogP contribution in [0, 0.1) is 0 Å². The first kappa shape index (κ1) is 27.4. The van der Waals surface area contributed by atoms with Gasteiger partial charge in [-0.3, -0.25) is 9.59 Å². The van der Waals surface area contributed by atoms with Crippen LogP contribution in [0.2, 0.25) is 0 Å². The third-order valence-electron chi connectivity index (χ3n) is 3.10. The fourth-order valence-corrected chi connectivity index (χ4v) is 1.91. The molecule has 0 saturated carbocycles. The van der Waals surface area contributed by atoms with E-state index in [1.165, 1.54) is 0 Å². The summed E-state index contributed by atoms with van der Waals surface area (Å²) in [6.45, 7) is 8.57. The molecule has 0 rings (SSSR count). The van der Waals surface area contributed by atoms with Crippen molar-refractivity contribution in [3.63, 3.8) is 0 Å². The Morgan fingerprint density at radius 3 is 1.23 bits per heavy atom. The molecule has 6 N–H and O–H groups in total. The second-order valence-corrected chi connectivity index (χ2v) is 8.34. The third kappa shape index (κ3) is 12.8. The maximum absolute atomic E-state index is 12.0. The van der Waals surface area contributed by atoms with Crippen LogP contribution in [0.1, 0.15) is 41.5 Å². The number of rotatable bonds is 9. The summed E-state index contributed by atoms with van der Waals surface area (Å²) in [5.74, 6) is -1.36. The predicted octanol–water partition coefficient (Wildman–Crippen LogP) is -1.01. The second-order valence-electron chi connectivity index (χ2n) is 8.34. The molecule has 0 aliphatic heterocycles. The van der Waals surface area contributed by atoms with E-state index >= 15 is 0 Å². The summed E-state index contributed by atoms with van der Waals surface area (Å²) in [6, 6.07) is -2.45. The molecule has 0 saturated heterocycles. The zero-order chi connectivity index (χ0) is 23.5. The van der Waals surface area contributed by atoms with E-state index in [-0.39, 0.29) is 13.1 Å². The molecule has 0 aliphatic rings. The summed E-state index contributed by atoms with van der Waals surface area (Å²) in [5.41, 5.74) is -1.52. The minimum Gasteiger partial charge on any atom is -0.444 e. The molecule has 174 valence electrons. The van der Waals surface area contributed by atoms with E-state index in [0.717, 1.165) is 0 Å². The van der Waals surface area contributed by atoms with Gasteiger partial charge in [-0.25, -0.2) is 9.59 Å². The molecule has 0 fully saturated rings. The van der Waals surface area contributed by atoms with E-state index in [4.69, 9.17) is 9.47 Å². The van der Waals surface area contributed by atoms with Crippen LogP contribution in [0.5, 0.6) is 0 Å². The smallest absolute Gasteiger partial charge is 0.408 e. The van der Waals surface area contributed by atoms with Gasteiger partial charge in [-0.2, -0.15) is 0 Å². The Morgan fingerprint density at radius 1 is 0.700 bits per heavy atom. The number of hydrogen-bond acceptors (Lipinski definition) is 8. The molecule has 12 heteroatoms. The average molecular weight is 434 g/mol. The van der Waals surface area contributed by atoms with E-state index < -0.39 is 60.5 Å². The molecule has 30 heavy (non-hydrogen) atoms. The zero-order valence-corrected chi connectivity index (χ0v) is 18.3. The lowest BCUT2D eigenvalue weighted by atomic mass is 10.2. The van der Waals surface area contributed by atoms with Crippen molar-refractivity contribution in [1.29, 1.82) is 0 Å². The fraction of sp³-hybridized carbons (Fsp3) is 0.778. The highest BCUT2D eigenvalue weighted by atomic mass is 16.6. The van der Waals surface area contributed by atoms with Gasteiger partial charge in [0.25, 0.3) is 0 Å². The monoisotopic (exact) mass is 434 g/mol. The van der Waals surface area contributed by atoms with Crippen LogP contribution in [0.4, 0.5) is 9.59 Å². The van der Waals surface area contributed by atoms with Crippen molar-refractivity contribution < 1.29 is 38.9 Å². The van der Waals surface area contributed by atoms with Gasteiger partial charge in [-0.05, 0) is 41.5 Å². The topological polar surface area (TPSA) is 175 Å². The van der Waals surface area contributed by atoms with Crippen molar-refractivity contribution in [2.75, 3.05) is 26.3 Å². The summed E-state index contributed by atoms with van der Waals surface area (Å²) in [6.07, 6.45) is -1.71. The maximum atomic E-state index is 12.0. The Labute approximate surface area is 176 Å². The van der Waals surface area contributed by atoms with Crippen LogP contribution >= 0.6 is 0 Å². The predicted molar refractivity (Wildman–Crippen MR) is 107 cm³/mol. The molecule has 0 spiro atoms. The summed E-state index contributed by atoms with van der Waals surface area (Å²) in [4.78, 5) is 47.4. The summed E-state index contributed by atoms with van der Waals surface area (Å²) in [7, 11) is 0. The molecule has 12 nitrogen and oxygen atoms in total. The number of alkyl carbamates (subject to hydrolysis) is 2. The minimum atomic E-state index is -1.23. The molecular weight excluding hydrogens is 400 g/mol. The van der Waals surface area contributed by atoms with Gasteiger partial charge in [0.15, 0.2) is 0 Å². The molecule has 0 heterocycles. The molecular formula is C18H34N4O8. The van der Waals surface area contributed by atoms with Gasteiger partial charge in [0.05, 0.1) is 13.2 Å². The SMILES string of the molecule is CC(C)(C)OC(=O)N[C@@H](CO)C(=O)NCCNC(=O)[C@@H](CO)NC(=O)OC(C)(C)C. The van der Waals surface area contributed by atoms with Gasteiger partial charge < -0.3 is 41.0 Å². The number of carbonyl (C=O) groups is 4. The second kappa shape index (κ2) is 12.2. The first-order valence-electron chi connectivity index (χ1n) is 9.44. The Hall–Kier alpha value is -2.60. The number of ether oxygens (including phenoxy) is 2. The maximum Gasteiger partial charge on any atom is 0.408 e. The quantitative estimate of drug-likeness (QED) is 0.250. The highest BCUT2D eigenvalue weighted by molar-refractivity contribution is 5.87. The number of hydrogen-bond donors (Lipinski definition) is 6. The zero-order valence-electron chi connectivity index (χ0n) is 18.3. The van der Waals surface area contributed by atoms with Crippen LogP contribution in [-0.2, 0) is 19.1 Å². The Bertz CT molecular complexity index is 546. The van der Waals surface area contributed by atoms with E-state index in [2.05, 4.69) is 21.3 Å². The van der Waals surface area contributed by atoms with Crippen LogP contribution in [-0.4, -0.2) is 83.8 Å². The Kier molecular flexibility index (Phi) is 11.1. The van der Waals surface area contributed by atoms with E-state index in [9.17, 15) is 29.4 Å². The van der Waals surface area contributed by atoms with Crippen molar-refractivity contribution in [3.8, 4) is 0 Å². The highest BCUT2D eigenvalue weighted by Crippen LogP contribution is 2.07. The minimum absolute atomic E-state index is 0.0261. The lowest BCUT2D eigenvalue weighted by molar-refractivity contribution is -0.125. The van der Waals surface area contributed by atoms with Gasteiger partial charge in [0.1, 0.15) is 23.3 Å². The number of aliphatic hydroxyl groups excluding tert-OH is 2. The van der Waals surface area contributed by atoms with Crippen molar-refractivity contribution in [3.05, 3.63) is 0 Å². The number of aliphatic hydroxyl groups is 2. The first-order valence-corrected chi connectivity index (χ1v) is 9.44. The largest absolute Gasteiger partial charge is 0.444 e. The van der Waals surface area contributed by atoms with Crippen molar-refractivity contribution in [2.24, 2.45) is 0 Å². The van der Waals surface area contributed by atoms with Crippen molar-refractivity contribution in [2.45, 2.75) is 64.8 Å². The van der Waals surface area contributed by atoms with Crippen LogP contribution in [0.15, 0.2) is 0 Å². The van der Waals surface area contributed by atoms with Crippen LogP contribution in [0.25, 0.3) is 0 Å². The summed E-state index contributed by atoms with van der Waals surface area (Å²) < 4.78 is 10.0. The van der Waals surface area contributed by atoms with Crippen LogP contribution < -0.4 is 21.3 Å². The Balaban J connectivity index is 4.39. The average Bonchev–Trinajstić information content (AvgIpc) is 2.57. The molecule has 0 bridgehead atoms. The highest BCUT2D eigenvalue weighted by Gasteiger charge is 2.25. The van der Waals surface area contributed by atoms with Gasteiger partial charge in [-0.1, -0.05) is 0 Å². The lowest BCUT2D eigenvalue weighted by Crippen LogP contribution is -2.53. The summed E-state index contributed by atoms with van der Waals surface area (Å²) >= 11 is 0. The van der Waals surface area contributed by atoms with Crippen LogP contribution in [0.3, 0.4) is 0 Å². The van der Waals surface area contributed by atoms with Gasteiger partial charge >= 0.3 is 12.2 Å². The van der Waals surface area contributed by atoms with Gasteiger partial charge in [-0.15, -0.1) is 0 Å². The van der Waals surface area contributed by atoms with E-state index in [1.54, 1.807) is 41.5 Å². The number of amides is 4. The summed E-state index contributed by atoms with van der Waals surface area (Å²) in [5, 5.41) is 27.9. The van der Waals surface area contributed by atoms with Gasteiger partial charge in [0, 0.05) is 13.1 Å². The third-order valence-corrected chi connectivity index (χ3v) is 3.10. The molecule has 0 aliphatic carbocycles. The standard InChI is InChI=1S/C18H34N4O8/c1-17(2,3)29-15(27)21-11(9-23)13(25)19-7-8-20-14(26)12(10-24)22-16(28)30-18(4,5)6/h11-12,23-24H,7-10H2,1-6H3,(H,19,25)(H,20,26)(H,21,27)(H,22,28)/t11-,12+. The molecule has 0 aromatic heterocycles. The lowest BCUT2D eigenvalue weighted by Gasteiger charge is -2.23. The molecule has 0 radical (unpaired) electrons. The fourth-order valence-electron chi connectivity index (χ4n) is 1.91. The Morgan fingerprint density at radius 2 is 1.00 bits per heavy atom. The van der Waals surface area contributed by atoms with Crippen molar-refractivity contribution >= 4 is 24.0 Å². The molecule has 4 amide bonds. The van der Waals surface area contributed by atoms with Crippen molar-refractivity contribution in [1.82, 2.24) is 21.3 Å². The molecule has 0 aromatic carbocycles. The molecule has 0 unspecified atom stereocenters. The number of carbonyl (C=O) groups excluding carboxylic acids is 4. The van der Waals surface area contributed by atoms with E-state index in [0.29, 0.717) is 0 Å². The number of nitrogens with one attached hydrogen (secondary N) is 4. The molecule has 0 aromatic rings. The first-order chi connectivity index (χ1) is 13.7. The normalized spacial score (nSPS) is 13.5. The van der Waals surface area contributed by atoms with E-state index in [1.807, 2.05) is 0 Å². The molecule has 2 atom stereocenters.